The Morgan fingerprint density at radius 1 is 1.16 bits per heavy atom. The van der Waals surface area contributed by atoms with Gasteiger partial charge in [-0.2, -0.15) is 0 Å². The monoisotopic (exact) mass is 262 g/mol. The number of nitrogens with zero attached hydrogens (tertiary/aromatic N) is 1. The topological polar surface area (TPSA) is 24.9 Å². The van der Waals surface area contributed by atoms with Crippen molar-refractivity contribution in [3.05, 3.63) is 65.5 Å². The maximum Gasteiger partial charge on any atom is 0.129 e. The average Bonchev–Trinajstić information content (AvgIpc) is 2.42. The highest BCUT2D eigenvalue weighted by molar-refractivity contribution is 5.23. The van der Waals surface area contributed by atoms with Crippen molar-refractivity contribution in [2.75, 3.05) is 6.54 Å². The summed E-state index contributed by atoms with van der Waals surface area (Å²) in [7, 11) is 0. The fourth-order valence-corrected chi connectivity index (χ4v) is 2.06. The van der Waals surface area contributed by atoms with Crippen molar-refractivity contribution in [3.63, 3.8) is 0 Å². The number of halogens is 2. The molecule has 0 fully saturated rings. The van der Waals surface area contributed by atoms with Gasteiger partial charge in [0.2, 0.25) is 0 Å². The van der Waals surface area contributed by atoms with E-state index < -0.39 is 11.6 Å². The third-order valence-electron chi connectivity index (χ3n) is 3.00. The van der Waals surface area contributed by atoms with Crippen molar-refractivity contribution in [2.45, 2.75) is 19.4 Å². The van der Waals surface area contributed by atoms with Crippen molar-refractivity contribution < 1.29 is 8.78 Å². The Morgan fingerprint density at radius 2 is 1.89 bits per heavy atom. The number of hydrogen-bond donors (Lipinski definition) is 1. The number of nitrogens with one attached hydrogen (secondary N) is 1. The Labute approximate surface area is 111 Å². The van der Waals surface area contributed by atoms with E-state index in [9.17, 15) is 8.78 Å². The van der Waals surface area contributed by atoms with Crippen molar-refractivity contribution >= 4 is 0 Å². The predicted octanol–water partition coefficient (Wildman–Crippen LogP) is 3.25. The summed E-state index contributed by atoms with van der Waals surface area (Å²) in [6.07, 6.45) is 3.89. The summed E-state index contributed by atoms with van der Waals surface area (Å²) in [4.78, 5) is 3.97. The maximum absolute atomic E-state index is 13.7. The minimum Gasteiger partial charge on any atom is -0.310 e. The molecule has 2 nitrogen and oxygen atoms in total. The van der Waals surface area contributed by atoms with Crippen LogP contribution in [0.3, 0.4) is 0 Å². The molecule has 1 heterocycles. The quantitative estimate of drug-likeness (QED) is 0.894. The summed E-state index contributed by atoms with van der Waals surface area (Å²) >= 11 is 0. The fourth-order valence-electron chi connectivity index (χ4n) is 2.06. The van der Waals surface area contributed by atoms with E-state index in [4.69, 9.17) is 0 Å². The molecule has 1 atom stereocenters. The second-order valence-electron chi connectivity index (χ2n) is 4.33. The van der Waals surface area contributed by atoms with Gasteiger partial charge in [0.05, 0.1) is 0 Å². The summed E-state index contributed by atoms with van der Waals surface area (Å²) in [6.45, 7) is 2.77. The Balaban J connectivity index is 2.21. The standard InChI is InChI=1S/C15H16F2N2/c1-2-19-15(11-5-7-18-8-6-11)9-12-3-4-13(16)10-14(12)17/h3-8,10,15,19H,2,9H2,1H3. The lowest BCUT2D eigenvalue weighted by atomic mass is 9.99. The van der Waals surface area contributed by atoms with Crippen LogP contribution in [0, 0.1) is 11.6 Å². The first kappa shape index (κ1) is 13.6. The van der Waals surface area contributed by atoms with Gasteiger partial charge in [0.1, 0.15) is 11.6 Å². The highest BCUT2D eigenvalue weighted by Crippen LogP contribution is 2.20. The summed E-state index contributed by atoms with van der Waals surface area (Å²) in [5.41, 5.74) is 1.55. The molecule has 1 aromatic carbocycles. The number of likely N-dealkylation sites (N-methyl/N-ethyl adjacent to an activating group) is 1. The molecule has 19 heavy (non-hydrogen) atoms. The van der Waals surface area contributed by atoms with Gasteiger partial charge in [-0.15, -0.1) is 0 Å². The molecule has 4 heteroatoms. The number of rotatable bonds is 5. The lowest BCUT2D eigenvalue weighted by Gasteiger charge is -2.18. The van der Waals surface area contributed by atoms with Gasteiger partial charge < -0.3 is 5.32 Å². The van der Waals surface area contributed by atoms with Crippen LogP contribution in [0.5, 0.6) is 0 Å². The SMILES string of the molecule is CCNC(Cc1ccc(F)cc1F)c1ccncc1. The van der Waals surface area contributed by atoms with Gasteiger partial charge in [0.25, 0.3) is 0 Å². The van der Waals surface area contributed by atoms with E-state index in [2.05, 4.69) is 10.3 Å². The summed E-state index contributed by atoms with van der Waals surface area (Å²) in [5, 5.41) is 3.30. The van der Waals surface area contributed by atoms with Gasteiger partial charge in [0.15, 0.2) is 0 Å². The van der Waals surface area contributed by atoms with Crippen LogP contribution in [-0.4, -0.2) is 11.5 Å². The molecule has 0 amide bonds. The number of aromatic nitrogens is 1. The number of hydrogen-bond acceptors (Lipinski definition) is 2. The lowest BCUT2D eigenvalue weighted by Crippen LogP contribution is -2.23. The smallest absolute Gasteiger partial charge is 0.129 e. The second kappa shape index (κ2) is 6.38. The Hall–Kier alpha value is -1.81. The highest BCUT2D eigenvalue weighted by Gasteiger charge is 2.13. The first-order valence-electron chi connectivity index (χ1n) is 6.28. The van der Waals surface area contributed by atoms with Crippen LogP contribution in [0.25, 0.3) is 0 Å². The lowest BCUT2D eigenvalue weighted by molar-refractivity contribution is 0.520. The minimum absolute atomic E-state index is 0.00652. The van der Waals surface area contributed by atoms with Gasteiger partial charge in [-0.05, 0) is 42.3 Å². The molecule has 2 aromatic rings. The number of benzene rings is 1. The van der Waals surface area contributed by atoms with Gasteiger partial charge in [-0.3, -0.25) is 4.98 Å². The maximum atomic E-state index is 13.7. The molecule has 0 bridgehead atoms. The van der Waals surface area contributed by atoms with Crippen LogP contribution >= 0.6 is 0 Å². The molecule has 0 radical (unpaired) electrons. The molecule has 0 saturated carbocycles. The summed E-state index contributed by atoms with van der Waals surface area (Å²) in [5.74, 6) is -1.05. The van der Waals surface area contributed by atoms with Crippen molar-refractivity contribution in [3.8, 4) is 0 Å². The average molecular weight is 262 g/mol. The second-order valence-corrected chi connectivity index (χ2v) is 4.33. The first-order valence-corrected chi connectivity index (χ1v) is 6.28. The molecule has 2 rings (SSSR count). The van der Waals surface area contributed by atoms with Crippen molar-refractivity contribution in [1.82, 2.24) is 10.3 Å². The predicted molar refractivity (Wildman–Crippen MR) is 70.7 cm³/mol. The van der Waals surface area contributed by atoms with Crippen LogP contribution in [0.15, 0.2) is 42.7 Å². The zero-order valence-electron chi connectivity index (χ0n) is 10.7. The summed E-state index contributed by atoms with van der Waals surface area (Å²) in [6, 6.07) is 7.49. The molecule has 100 valence electrons. The van der Waals surface area contributed by atoms with E-state index in [0.29, 0.717) is 12.0 Å². The van der Waals surface area contributed by atoms with Gasteiger partial charge in [-0.25, -0.2) is 8.78 Å². The molecule has 0 spiro atoms. The van der Waals surface area contributed by atoms with Crippen LogP contribution in [0.1, 0.15) is 24.1 Å². The van der Waals surface area contributed by atoms with Crippen LogP contribution in [0.4, 0.5) is 8.78 Å². The first-order chi connectivity index (χ1) is 9.20. The van der Waals surface area contributed by atoms with Gasteiger partial charge in [-0.1, -0.05) is 13.0 Å². The van der Waals surface area contributed by atoms with Crippen LogP contribution in [-0.2, 0) is 6.42 Å². The van der Waals surface area contributed by atoms with Gasteiger partial charge >= 0.3 is 0 Å². The third kappa shape index (κ3) is 3.58. The Bertz CT molecular complexity index is 529. The fraction of sp³-hybridized carbons (Fsp3) is 0.267. The minimum atomic E-state index is -0.551. The molecular weight excluding hydrogens is 246 g/mol. The Kier molecular flexibility index (Phi) is 4.58. The van der Waals surface area contributed by atoms with Crippen LogP contribution < -0.4 is 5.32 Å². The third-order valence-corrected chi connectivity index (χ3v) is 3.00. The largest absolute Gasteiger partial charge is 0.310 e. The van der Waals surface area contributed by atoms with E-state index in [-0.39, 0.29) is 6.04 Å². The van der Waals surface area contributed by atoms with E-state index in [1.165, 1.54) is 12.1 Å². The Morgan fingerprint density at radius 3 is 2.53 bits per heavy atom. The zero-order chi connectivity index (χ0) is 13.7. The van der Waals surface area contributed by atoms with E-state index in [0.717, 1.165) is 18.2 Å². The van der Waals surface area contributed by atoms with E-state index in [1.54, 1.807) is 12.4 Å². The van der Waals surface area contributed by atoms with Crippen molar-refractivity contribution in [2.24, 2.45) is 0 Å². The molecule has 1 aromatic heterocycles. The van der Waals surface area contributed by atoms with Crippen molar-refractivity contribution in [1.29, 1.82) is 0 Å². The highest BCUT2D eigenvalue weighted by atomic mass is 19.1. The number of pyridine rings is 1. The van der Waals surface area contributed by atoms with E-state index in [1.807, 2.05) is 19.1 Å². The molecule has 1 N–H and O–H groups in total. The molecule has 0 aliphatic carbocycles. The molecule has 0 saturated heterocycles. The van der Waals surface area contributed by atoms with E-state index >= 15 is 0 Å². The molecule has 0 aliphatic rings. The van der Waals surface area contributed by atoms with Crippen LogP contribution in [0.2, 0.25) is 0 Å². The zero-order valence-corrected chi connectivity index (χ0v) is 10.7. The summed E-state index contributed by atoms with van der Waals surface area (Å²) < 4.78 is 26.6. The van der Waals surface area contributed by atoms with Gasteiger partial charge in [0, 0.05) is 24.5 Å². The molecule has 0 aliphatic heterocycles. The molecular formula is C15H16F2N2. The normalized spacial score (nSPS) is 12.4. The molecule has 1 unspecified atom stereocenters.